The zero-order valence-corrected chi connectivity index (χ0v) is 14.2. The molecule has 126 valence electrons. The smallest absolute Gasteiger partial charge is 0.292 e. The van der Waals surface area contributed by atoms with E-state index in [0.717, 1.165) is 5.75 Å². The molecule has 0 bridgehead atoms. The van der Waals surface area contributed by atoms with Gasteiger partial charge >= 0.3 is 0 Å². The molecule has 0 unspecified atom stereocenters. The Morgan fingerprint density at radius 3 is 2.29 bits per heavy atom. The molecule has 0 saturated heterocycles. The van der Waals surface area contributed by atoms with Crippen LogP contribution in [0.5, 0.6) is 11.5 Å². The number of anilines is 1. The van der Waals surface area contributed by atoms with Gasteiger partial charge in [-0.1, -0.05) is 18.2 Å². The monoisotopic (exact) mass is 326 g/mol. The van der Waals surface area contributed by atoms with Gasteiger partial charge in [0, 0.05) is 26.0 Å². The lowest BCUT2D eigenvalue weighted by molar-refractivity contribution is -0.114. The highest BCUT2D eigenvalue weighted by Crippen LogP contribution is 2.18. The van der Waals surface area contributed by atoms with Gasteiger partial charge in [-0.3, -0.25) is 4.79 Å². The van der Waals surface area contributed by atoms with Gasteiger partial charge in [-0.2, -0.15) is 0 Å². The van der Waals surface area contributed by atoms with Gasteiger partial charge in [0.05, 0.1) is 6.61 Å². The molecule has 1 N–H and O–H groups in total. The molecule has 0 aliphatic heterocycles. The zero-order valence-electron chi connectivity index (χ0n) is 14.2. The highest BCUT2D eigenvalue weighted by Gasteiger charge is 2.13. The van der Waals surface area contributed by atoms with Crippen molar-refractivity contribution >= 4 is 11.6 Å². The van der Waals surface area contributed by atoms with Crippen molar-refractivity contribution in [1.29, 1.82) is 0 Å². The summed E-state index contributed by atoms with van der Waals surface area (Å²) in [6.45, 7) is 2.53. The van der Waals surface area contributed by atoms with E-state index in [4.69, 9.17) is 9.47 Å². The number of para-hydroxylation sites is 1. The number of carbonyl (C=O) groups is 1. The van der Waals surface area contributed by atoms with Crippen molar-refractivity contribution in [2.24, 2.45) is 0 Å². The predicted octanol–water partition coefficient (Wildman–Crippen LogP) is 3.51. The average Bonchev–Trinajstić information content (AvgIpc) is 2.57. The lowest BCUT2D eigenvalue weighted by atomic mass is 10.3. The highest BCUT2D eigenvalue weighted by molar-refractivity contribution is 6.02. The summed E-state index contributed by atoms with van der Waals surface area (Å²) in [5, 5.41) is 2.82. The summed E-state index contributed by atoms with van der Waals surface area (Å²) in [5.41, 5.74) is 0.671. The van der Waals surface area contributed by atoms with Crippen LogP contribution < -0.4 is 14.8 Å². The highest BCUT2D eigenvalue weighted by atomic mass is 16.5. The first-order chi connectivity index (χ1) is 11.6. The number of amides is 1. The third-order valence-corrected chi connectivity index (χ3v) is 2.99. The van der Waals surface area contributed by atoms with E-state index in [9.17, 15) is 4.79 Å². The molecule has 1 amide bonds. The van der Waals surface area contributed by atoms with Crippen LogP contribution in [0, 0.1) is 0 Å². The van der Waals surface area contributed by atoms with E-state index in [-0.39, 0.29) is 11.7 Å². The summed E-state index contributed by atoms with van der Waals surface area (Å²) in [6, 6.07) is 16.4. The molecular weight excluding hydrogens is 304 g/mol. The fraction of sp³-hybridized carbons (Fsp3) is 0.211. The van der Waals surface area contributed by atoms with Gasteiger partial charge in [0.25, 0.3) is 5.91 Å². The molecule has 2 aromatic carbocycles. The fourth-order valence-electron chi connectivity index (χ4n) is 1.98. The molecule has 5 nitrogen and oxygen atoms in total. The average molecular weight is 326 g/mol. The topological polar surface area (TPSA) is 50.8 Å². The maximum atomic E-state index is 12.5. The Hall–Kier alpha value is -2.95. The van der Waals surface area contributed by atoms with E-state index in [1.165, 1.54) is 0 Å². The first-order valence-corrected chi connectivity index (χ1v) is 7.74. The number of ether oxygens (including phenoxy) is 2. The lowest BCUT2D eigenvalue weighted by Gasteiger charge is -2.14. The maximum Gasteiger partial charge on any atom is 0.292 e. The predicted molar refractivity (Wildman–Crippen MR) is 95.1 cm³/mol. The van der Waals surface area contributed by atoms with Crippen LogP contribution in [0.15, 0.2) is 66.6 Å². The molecule has 0 spiro atoms. The number of rotatable bonds is 7. The van der Waals surface area contributed by atoms with Gasteiger partial charge in [0.1, 0.15) is 11.5 Å². The summed E-state index contributed by atoms with van der Waals surface area (Å²) in [7, 11) is 3.66. The van der Waals surface area contributed by atoms with E-state index < -0.39 is 0 Å². The van der Waals surface area contributed by atoms with E-state index >= 15 is 0 Å². The fourth-order valence-corrected chi connectivity index (χ4v) is 1.98. The summed E-state index contributed by atoms with van der Waals surface area (Å²) in [4.78, 5) is 14.3. The van der Waals surface area contributed by atoms with Gasteiger partial charge in [0.15, 0.2) is 0 Å². The van der Waals surface area contributed by atoms with E-state index in [1.54, 1.807) is 35.4 Å². The number of carbonyl (C=O) groups excluding carboxylic acids is 1. The third kappa shape index (κ3) is 5.35. The van der Waals surface area contributed by atoms with Crippen molar-refractivity contribution in [1.82, 2.24) is 4.90 Å². The molecule has 0 radical (unpaired) electrons. The Morgan fingerprint density at radius 1 is 1.04 bits per heavy atom. The Bertz CT molecular complexity index is 680. The molecule has 0 aliphatic carbocycles. The Kier molecular flexibility index (Phi) is 6.25. The van der Waals surface area contributed by atoms with Crippen molar-refractivity contribution in [2.45, 2.75) is 6.92 Å². The van der Waals surface area contributed by atoms with Gasteiger partial charge in [-0.25, -0.2) is 0 Å². The maximum absolute atomic E-state index is 12.5. The minimum Gasteiger partial charge on any atom is -0.494 e. The third-order valence-electron chi connectivity index (χ3n) is 2.99. The molecular formula is C19H22N2O3. The van der Waals surface area contributed by atoms with Crippen molar-refractivity contribution < 1.29 is 14.3 Å². The number of benzene rings is 2. The molecule has 5 heteroatoms. The van der Waals surface area contributed by atoms with E-state index in [2.05, 4.69) is 5.32 Å². The number of hydrogen-bond acceptors (Lipinski definition) is 4. The molecule has 0 aliphatic rings. The standard InChI is InChI=1S/C19H22N2O3/c1-4-23-16-12-10-15(11-13-16)20-19(22)18(14-21(2)3)24-17-8-6-5-7-9-17/h5-14H,4H2,1-3H3,(H,20,22)/b18-14-. The quantitative estimate of drug-likeness (QED) is 0.625. The Labute approximate surface area is 142 Å². The summed E-state index contributed by atoms with van der Waals surface area (Å²) >= 11 is 0. The first kappa shape index (κ1) is 17.4. The van der Waals surface area contributed by atoms with Gasteiger partial charge in [0.2, 0.25) is 5.76 Å². The van der Waals surface area contributed by atoms with E-state index in [0.29, 0.717) is 18.0 Å². The second-order valence-electron chi connectivity index (χ2n) is 5.28. The lowest BCUT2D eigenvalue weighted by Crippen LogP contribution is -2.20. The number of nitrogens with one attached hydrogen (secondary N) is 1. The number of hydrogen-bond donors (Lipinski definition) is 1. The van der Waals surface area contributed by atoms with Crippen molar-refractivity contribution in [2.75, 3.05) is 26.0 Å². The summed E-state index contributed by atoms with van der Waals surface area (Å²) in [5.74, 6) is 1.25. The van der Waals surface area contributed by atoms with E-state index in [1.807, 2.05) is 51.4 Å². The van der Waals surface area contributed by atoms with Gasteiger partial charge in [-0.15, -0.1) is 0 Å². The first-order valence-electron chi connectivity index (χ1n) is 7.74. The van der Waals surface area contributed by atoms with Crippen LogP contribution in [0.2, 0.25) is 0 Å². The molecule has 2 aromatic rings. The minimum absolute atomic E-state index is 0.208. The van der Waals surface area contributed by atoms with Crippen molar-refractivity contribution in [3.05, 3.63) is 66.6 Å². The minimum atomic E-state index is -0.322. The molecule has 2 rings (SSSR count). The summed E-state index contributed by atoms with van der Waals surface area (Å²) < 4.78 is 11.1. The van der Waals surface area contributed by atoms with Crippen LogP contribution in [0.25, 0.3) is 0 Å². The largest absolute Gasteiger partial charge is 0.494 e. The van der Waals surface area contributed by atoms with Crippen molar-refractivity contribution in [3.63, 3.8) is 0 Å². The second kappa shape index (κ2) is 8.62. The SMILES string of the molecule is CCOc1ccc(NC(=O)/C(=C/N(C)C)Oc2ccccc2)cc1. The molecule has 0 atom stereocenters. The Morgan fingerprint density at radius 2 is 1.71 bits per heavy atom. The normalized spacial score (nSPS) is 10.9. The van der Waals surface area contributed by atoms with Crippen molar-refractivity contribution in [3.8, 4) is 11.5 Å². The van der Waals surface area contributed by atoms with Crippen LogP contribution in [0.3, 0.4) is 0 Å². The van der Waals surface area contributed by atoms with Crippen LogP contribution in [-0.2, 0) is 4.79 Å². The Balaban J connectivity index is 2.10. The summed E-state index contributed by atoms with van der Waals surface area (Å²) in [6.07, 6.45) is 1.64. The van der Waals surface area contributed by atoms with Crippen LogP contribution in [-0.4, -0.2) is 31.5 Å². The second-order valence-corrected chi connectivity index (χ2v) is 5.28. The molecule has 24 heavy (non-hydrogen) atoms. The van der Waals surface area contributed by atoms with Gasteiger partial charge < -0.3 is 19.7 Å². The van der Waals surface area contributed by atoms with Crippen LogP contribution in [0.4, 0.5) is 5.69 Å². The molecule has 0 saturated carbocycles. The zero-order chi connectivity index (χ0) is 17.4. The molecule has 0 heterocycles. The van der Waals surface area contributed by atoms with Gasteiger partial charge in [-0.05, 0) is 43.3 Å². The number of nitrogens with zero attached hydrogens (tertiary/aromatic N) is 1. The van der Waals surface area contributed by atoms with Crippen LogP contribution >= 0.6 is 0 Å². The molecule has 0 aromatic heterocycles. The molecule has 0 fully saturated rings. The van der Waals surface area contributed by atoms with Crippen LogP contribution in [0.1, 0.15) is 6.92 Å².